The number of amides is 3. The van der Waals surface area contributed by atoms with Crippen molar-refractivity contribution in [3.63, 3.8) is 0 Å². The fraction of sp³-hybridized carbons (Fsp3) is 0.400. The number of carbonyl (C=O) groups excluding carboxylic acids is 2. The van der Waals surface area contributed by atoms with Gasteiger partial charge in [-0.3, -0.25) is 14.7 Å². The lowest BCUT2D eigenvalue weighted by atomic mass is 10.2. The third-order valence-electron chi connectivity index (χ3n) is 5.43. The van der Waals surface area contributed by atoms with Gasteiger partial charge in [-0.25, -0.2) is 14.7 Å². The van der Waals surface area contributed by atoms with Crippen molar-refractivity contribution in [3.8, 4) is 0 Å². The van der Waals surface area contributed by atoms with E-state index >= 15 is 0 Å². The van der Waals surface area contributed by atoms with Crippen LogP contribution in [0, 0.1) is 0 Å². The number of H-pyrrole nitrogens is 1. The van der Waals surface area contributed by atoms with Crippen LogP contribution in [0.3, 0.4) is 0 Å². The van der Waals surface area contributed by atoms with Crippen molar-refractivity contribution in [1.82, 2.24) is 19.8 Å². The molecule has 3 aliphatic rings. The first-order valence-corrected chi connectivity index (χ1v) is 10.0. The third-order valence-corrected chi connectivity index (χ3v) is 5.43. The molecule has 4 heterocycles. The molecule has 0 radical (unpaired) electrons. The maximum Gasteiger partial charge on any atom is 0.337 e. The Morgan fingerprint density at radius 1 is 1.27 bits per heavy atom. The molecule has 156 valence electrons. The summed E-state index contributed by atoms with van der Waals surface area (Å²) in [6, 6.07) is 5.38. The van der Waals surface area contributed by atoms with E-state index in [9.17, 15) is 9.59 Å². The van der Waals surface area contributed by atoms with E-state index in [2.05, 4.69) is 15.0 Å². The molecule has 10 heteroatoms. The first-order valence-electron chi connectivity index (χ1n) is 10.0. The summed E-state index contributed by atoms with van der Waals surface area (Å²) < 4.78 is 10.6. The number of urea groups is 1. The molecule has 0 atom stereocenters. The van der Waals surface area contributed by atoms with Gasteiger partial charge in [0.15, 0.2) is 0 Å². The van der Waals surface area contributed by atoms with E-state index < -0.39 is 0 Å². The van der Waals surface area contributed by atoms with Gasteiger partial charge < -0.3 is 19.4 Å². The summed E-state index contributed by atoms with van der Waals surface area (Å²) in [7, 11) is 0. The second-order valence-corrected chi connectivity index (χ2v) is 7.33. The number of anilines is 1. The largest absolute Gasteiger partial charge is 0.459 e. The van der Waals surface area contributed by atoms with Crippen LogP contribution in [0.5, 0.6) is 0 Å². The Hall–Kier alpha value is -3.56. The van der Waals surface area contributed by atoms with Crippen LogP contribution in [0.25, 0.3) is 11.0 Å². The molecule has 2 fully saturated rings. The molecule has 0 aliphatic carbocycles. The van der Waals surface area contributed by atoms with Gasteiger partial charge in [0.2, 0.25) is 18.6 Å². The molecule has 2 aromatic rings. The highest BCUT2D eigenvalue weighted by molar-refractivity contribution is 6.15. The maximum absolute atomic E-state index is 13.2. The van der Waals surface area contributed by atoms with Crippen molar-refractivity contribution < 1.29 is 19.1 Å². The van der Waals surface area contributed by atoms with E-state index in [4.69, 9.17) is 9.47 Å². The van der Waals surface area contributed by atoms with Crippen LogP contribution in [0.1, 0.15) is 19.3 Å². The molecule has 1 aromatic carbocycles. The van der Waals surface area contributed by atoms with Crippen LogP contribution >= 0.6 is 0 Å². The van der Waals surface area contributed by atoms with Crippen molar-refractivity contribution >= 4 is 34.5 Å². The third kappa shape index (κ3) is 3.34. The number of nitrogens with zero attached hydrogens (tertiary/aromatic N) is 5. The molecule has 3 amide bonds. The monoisotopic (exact) mass is 410 g/mol. The lowest BCUT2D eigenvalue weighted by molar-refractivity contribution is -0.127. The topological polar surface area (TPSA) is 103 Å². The Bertz CT molecular complexity index is 1040. The Morgan fingerprint density at radius 3 is 3.00 bits per heavy atom. The van der Waals surface area contributed by atoms with Crippen molar-refractivity contribution in [3.05, 3.63) is 36.7 Å². The number of fused-ring (bicyclic) bond motifs is 1. The molecular weight excluding hydrogens is 388 g/mol. The van der Waals surface area contributed by atoms with Gasteiger partial charge >= 0.3 is 6.03 Å². The Kier molecular flexibility index (Phi) is 4.74. The average molecular weight is 410 g/mol. The fourth-order valence-corrected chi connectivity index (χ4v) is 3.90. The lowest BCUT2D eigenvalue weighted by Gasteiger charge is -2.17. The molecule has 0 spiro atoms. The fourth-order valence-electron chi connectivity index (χ4n) is 3.90. The molecule has 0 unspecified atom stereocenters. The zero-order chi connectivity index (χ0) is 20.5. The van der Waals surface area contributed by atoms with E-state index in [1.165, 1.54) is 11.2 Å². The first-order chi connectivity index (χ1) is 14.7. The highest BCUT2D eigenvalue weighted by Crippen LogP contribution is 2.28. The van der Waals surface area contributed by atoms with E-state index in [1.807, 2.05) is 23.1 Å². The number of hydrogen-bond donors (Lipinski definition) is 1. The second kappa shape index (κ2) is 7.69. The van der Waals surface area contributed by atoms with Gasteiger partial charge in [-0.05, 0) is 31.0 Å². The second-order valence-electron chi connectivity index (χ2n) is 7.33. The maximum atomic E-state index is 13.2. The number of aromatic amines is 1. The van der Waals surface area contributed by atoms with Crippen LogP contribution in [-0.4, -0.2) is 70.5 Å². The molecule has 0 bridgehead atoms. The number of carbonyl (C=O) groups is 2. The first kappa shape index (κ1) is 18.5. The number of nitrogens with one attached hydrogen (secondary N) is 1. The van der Waals surface area contributed by atoms with Crippen LogP contribution in [0.15, 0.2) is 41.7 Å². The summed E-state index contributed by atoms with van der Waals surface area (Å²) in [5.41, 5.74) is 2.42. The van der Waals surface area contributed by atoms with E-state index in [-0.39, 0.29) is 18.7 Å². The quantitative estimate of drug-likeness (QED) is 0.734. The number of ether oxygens (including phenoxy) is 2. The SMILES string of the molecule is O=C1CCCN1CCCN=C1CN(c2ccc3[nH]cnc3c2)C(=O)N1C1=COCO1. The summed E-state index contributed by atoms with van der Waals surface area (Å²) in [6.45, 7) is 2.41. The minimum atomic E-state index is -0.255. The number of rotatable bonds is 6. The summed E-state index contributed by atoms with van der Waals surface area (Å²) in [5.74, 6) is 1.13. The van der Waals surface area contributed by atoms with Gasteiger partial charge in [-0.2, -0.15) is 0 Å². The van der Waals surface area contributed by atoms with Crippen LogP contribution in [0.2, 0.25) is 0 Å². The molecule has 30 heavy (non-hydrogen) atoms. The van der Waals surface area contributed by atoms with Crippen LogP contribution < -0.4 is 4.90 Å². The molecule has 5 rings (SSSR count). The van der Waals surface area contributed by atoms with Crippen molar-refractivity contribution in [2.24, 2.45) is 4.99 Å². The number of benzene rings is 1. The Labute approximate surface area is 172 Å². The number of hydrogen-bond acceptors (Lipinski definition) is 6. The van der Waals surface area contributed by atoms with Crippen molar-refractivity contribution in [1.29, 1.82) is 0 Å². The molecule has 3 aliphatic heterocycles. The number of aliphatic imine (C=N–C) groups is 1. The summed E-state index contributed by atoms with van der Waals surface area (Å²) >= 11 is 0. The molecule has 0 saturated carbocycles. The van der Waals surface area contributed by atoms with Gasteiger partial charge in [0.25, 0.3) is 0 Å². The van der Waals surface area contributed by atoms with Gasteiger partial charge in [0.1, 0.15) is 12.1 Å². The number of amidine groups is 1. The van der Waals surface area contributed by atoms with Gasteiger partial charge in [0, 0.05) is 31.7 Å². The highest BCUT2D eigenvalue weighted by atomic mass is 16.7. The molecule has 2 saturated heterocycles. The van der Waals surface area contributed by atoms with Crippen LogP contribution in [0.4, 0.5) is 10.5 Å². The lowest BCUT2D eigenvalue weighted by Crippen LogP contribution is -2.33. The smallest absolute Gasteiger partial charge is 0.337 e. The van der Waals surface area contributed by atoms with Gasteiger partial charge in [-0.15, -0.1) is 0 Å². The predicted octanol–water partition coefficient (Wildman–Crippen LogP) is 2.02. The molecule has 10 nitrogen and oxygen atoms in total. The molecular formula is C20H22N6O4. The highest BCUT2D eigenvalue weighted by Gasteiger charge is 2.39. The zero-order valence-corrected chi connectivity index (χ0v) is 16.4. The summed E-state index contributed by atoms with van der Waals surface area (Å²) in [6.07, 6.45) is 5.36. The van der Waals surface area contributed by atoms with Crippen molar-refractivity contribution in [2.75, 3.05) is 37.9 Å². The van der Waals surface area contributed by atoms with E-state index in [0.717, 1.165) is 36.1 Å². The number of aromatic nitrogens is 2. The molecule has 1 N–H and O–H groups in total. The van der Waals surface area contributed by atoms with E-state index in [1.54, 1.807) is 11.2 Å². The standard InChI is InChI=1S/C20H22N6O4/c27-18-3-1-7-24(18)8-2-6-21-17-10-25(20(28)26(17)19-11-29-13-30-19)14-4-5-15-16(9-14)23-12-22-15/h4-5,9,11-12H,1-3,6-8,10,13H2,(H,22,23). The van der Waals surface area contributed by atoms with Gasteiger partial charge in [0.05, 0.1) is 23.9 Å². The summed E-state index contributed by atoms with van der Waals surface area (Å²) in [4.78, 5) is 41.9. The summed E-state index contributed by atoms with van der Waals surface area (Å²) in [5, 5.41) is 0. The Morgan fingerprint density at radius 2 is 2.20 bits per heavy atom. The van der Waals surface area contributed by atoms with E-state index in [0.29, 0.717) is 37.8 Å². The van der Waals surface area contributed by atoms with Crippen LogP contribution in [-0.2, 0) is 14.3 Å². The number of imidazole rings is 1. The zero-order valence-electron chi connectivity index (χ0n) is 16.4. The minimum absolute atomic E-state index is 0.0721. The van der Waals surface area contributed by atoms with Gasteiger partial charge in [-0.1, -0.05) is 0 Å². The number of likely N-dealkylation sites (tertiary alicyclic amines) is 1. The predicted molar refractivity (Wildman–Crippen MR) is 109 cm³/mol. The molecule has 1 aromatic heterocycles. The average Bonchev–Trinajstić information content (AvgIpc) is 3.53. The Balaban J connectivity index is 1.34. The minimum Gasteiger partial charge on any atom is -0.459 e. The normalized spacial score (nSPS) is 20.5. The van der Waals surface area contributed by atoms with Crippen molar-refractivity contribution in [2.45, 2.75) is 19.3 Å².